The Morgan fingerprint density at radius 3 is 2.86 bits per heavy atom. The molecule has 2 rings (SSSR count). The first-order chi connectivity index (χ1) is 10.7. The van der Waals surface area contributed by atoms with Crippen molar-refractivity contribution < 1.29 is 4.79 Å². The molecule has 0 fully saturated rings. The second-order valence-corrected chi connectivity index (χ2v) is 7.43. The van der Waals surface area contributed by atoms with E-state index in [2.05, 4.69) is 43.3 Å². The zero-order chi connectivity index (χ0) is 15.8. The molecule has 0 bridgehead atoms. The topological polar surface area (TPSA) is 66.9 Å². The van der Waals surface area contributed by atoms with Crippen molar-refractivity contribution >= 4 is 55.8 Å². The number of benzene rings is 1. The molecule has 0 aliphatic heterocycles. The Kier molecular flexibility index (Phi) is 6.88. The van der Waals surface area contributed by atoms with E-state index in [0.717, 1.165) is 19.6 Å². The van der Waals surface area contributed by atoms with E-state index in [4.69, 9.17) is 0 Å². The Balaban J connectivity index is 1.71. The minimum atomic E-state index is -0.00987. The number of nitrogens with one attached hydrogen (secondary N) is 2. The summed E-state index contributed by atoms with van der Waals surface area (Å²) >= 11 is 6.36. The second-order valence-electron chi connectivity index (χ2n) is 4.20. The summed E-state index contributed by atoms with van der Waals surface area (Å²) in [6.07, 6.45) is 2.19. The van der Waals surface area contributed by atoms with Gasteiger partial charge in [-0.15, -0.1) is 16.8 Å². The molecule has 0 saturated carbocycles. The first-order valence-electron chi connectivity index (χ1n) is 6.54. The zero-order valence-corrected chi connectivity index (χ0v) is 14.9. The fourth-order valence-electron chi connectivity index (χ4n) is 1.49. The molecular formula is C14H15BrN4OS2. The highest BCUT2D eigenvalue weighted by Crippen LogP contribution is 2.25. The molecule has 1 aromatic carbocycles. The van der Waals surface area contributed by atoms with Crippen LogP contribution in [-0.2, 0) is 4.79 Å². The van der Waals surface area contributed by atoms with Gasteiger partial charge in [-0.25, -0.2) is 0 Å². The van der Waals surface area contributed by atoms with Gasteiger partial charge in [0, 0.05) is 28.9 Å². The Hall–Kier alpha value is -1.38. The molecule has 0 spiro atoms. The lowest BCUT2D eigenvalue weighted by Gasteiger charge is -2.04. The molecule has 1 amide bonds. The number of aromatic nitrogens is 2. The van der Waals surface area contributed by atoms with Crippen molar-refractivity contribution in [3.63, 3.8) is 0 Å². The van der Waals surface area contributed by atoms with E-state index in [1.54, 1.807) is 6.08 Å². The SMILES string of the molecule is C=CCNc1nnc(SCCC(=O)Nc2ccc(Br)cc2)s1. The fraction of sp³-hybridized carbons (Fsp3) is 0.214. The van der Waals surface area contributed by atoms with Crippen LogP contribution in [0.5, 0.6) is 0 Å². The van der Waals surface area contributed by atoms with Crippen molar-refractivity contribution in [3.8, 4) is 0 Å². The zero-order valence-electron chi connectivity index (χ0n) is 11.7. The Bertz CT molecular complexity index is 630. The minimum absolute atomic E-state index is 0.00987. The van der Waals surface area contributed by atoms with Gasteiger partial charge in [0.15, 0.2) is 4.34 Å². The van der Waals surface area contributed by atoms with E-state index in [9.17, 15) is 4.79 Å². The van der Waals surface area contributed by atoms with Gasteiger partial charge in [-0.1, -0.05) is 45.1 Å². The number of thioether (sulfide) groups is 1. The van der Waals surface area contributed by atoms with Gasteiger partial charge in [-0.05, 0) is 24.3 Å². The summed E-state index contributed by atoms with van der Waals surface area (Å²) in [5, 5.41) is 14.8. The van der Waals surface area contributed by atoms with Gasteiger partial charge in [-0.2, -0.15) is 0 Å². The summed E-state index contributed by atoms with van der Waals surface area (Å²) in [6.45, 7) is 4.29. The third-order valence-corrected chi connectivity index (χ3v) is 5.03. The Morgan fingerprint density at radius 1 is 1.36 bits per heavy atom. The number of carbonyl (C=O) groups is 1. The minimum Gasteiger partial charge on any atom is -0.357 e. The van der Waals surface area contributed by atoms with Crippen molar-refractivity contribution in [1.29, 1.82) is 0 Å². The fourth-order valence-corrected chi connectivity index (χ4v) is 3.52. The van der Waals surface area contributed by atoms with Crippen molar-refractivity contribution in [3.05, 3.63) is 41.4 Å². The third kappa shape index (κ3) is 5.78. The van der Waals surface area contributed by atoms with Crippen LogP contribution in [0.25, 0.3) is 0 Å². The lowest BCUT2D eigenvalue weighted by atomic mass is 10.3. The van der Waals surface area contributed by atoms with Crippen molar-refractivity contribution in [2.75, 3.05) is 22.9 Å². The molecule has 5 nitrogen and oxygen atoms in total. The molecule has 0 atom stereocenters. The van der Waals surface area contributed by atoms with E-state index in [1.807, 2.05) is 24.3 Å². The lowest BCUT2D eigenvalue weighted by Crippen LogP contribution is -2.11. The van der Waals surface area contributed by atoms with Gasteiger partial charge in [0.1, 0.15) is 0 Å². The first-order valence-corrected chi connectivity index (χ1v) is 9.13. The van der Waals surface area contributed by atoms with Crippen molar-refractivity contribution in [1.82, 2.24) is 10.2 Å². The standard InChI is InChI=1S/C14H15BrN4OS2/c1-2-8-16-13-18-19-14(22-13)21-9-7-12(20)17-11-5-3-10(15)4-6-11/h2-6H,1,7-9H2,(H,16,18)(H,17,20). The molecule has 2 aromatic rings. The summed E-state index contributed by atoms with van der Waals surface area (Å²) in [5.41, 5.74) is 0.796. The quantitative estimate of drug-likeness (QED) is 0.519. The van der Waals surface area contributed by atoms with Gasteiger partial charge in [0.2, 0.25) is 11.0 Å². The highest BCUT2D eigenvalue weighted by molar-refractivity contribution is 9.10. The average molecular weight is 399 g/mol. The molecule has 22 heavy (non-hydrogen) atoms. The monoisotopic (exact) mass is 398 g/mol. The predicted molar refractivity (Wildman–Crippen MR) is 96.7 cm³/mol. The number of anilines is 2. The number of halogens is 1. The number of hydrogen-bond donors (Lipinski definition) is 2. The largest absolute Gasteiger partial charge is 0.357 e. The predicted octanol–water partition coefficient (Wildman–Crippen LogP) is 4.02. The van der Waals surface area contributed by atoms with Crippen LogP contribution in [0.1, 0.15) is 6.42 Å². The van der Waals surface area contributed by atoms with Crippen LogP contribution in [0.4, 0.5) is 10.8 Å². The average Bonchev–Trinajstić information content (AvgIpc) is 2.95. The van der Waals surface area contributed by atoms with Crippen LogP contribution >= 0.6 is 39.0 Å². The van der Waals surface area contributed by atoms with Gasteiger partial charge in [0.25, 0.3) is 0 Å². The maximum atomic E-state index is 11.8. The van der Waals surface area contributed by atoms with Crippen molar-refractivity contribution in [2.45, 2.75) is 10.8 Å². The second kappa shape index (κ2) is 8.92. The highest BCUT2D eigenvalue weighted by atomic mass is 79.9. The number of amides is 1. The molecule has 0 unspecified atom stereocenters. The molecule has 116 valence electrons. The van der Waals surface area contributed by atoms with Crippen molar-refractivity contribution in [2.24, 2.45) is 0 Å². The summed E-state index contributed by atoms with van der Waals surface area (Å²) in [7, 11) is 0. The summed E-state index contributed by atoms with van der Waals surface area (Å²) < 4.78 is 1.83. The smallest absolute Gasteiger partial charge is 0.225 e. The van der Waals surface area contributed by atoms with Crippen LogP contribution in [0, 0.1) is 0 Å². The number of nitrogens with zero attached hydrogens (tertiary/aromatic N) is 2. The van der Waals surface area contributed by atoms with Gasteiger partial charge in [-0.3, -0.25) is 4.79 Å². The van der Waals surface area contributed by atoms with E-state index < -0.39 is 0 Å². The van der Waals surface area contributed by atoms with Crippen LogP contribution in [0.15, 0.2) is 45.7 Å². The first kappa shape index (κ1) is 17.0. The molecular weight excluding hydrogens is 384 g/mol. The maximum Gasteiger partial charge on any atom is 0.225 e. The van der Waals surface area contributed by atoms with Crippen LogP contribution in [0.3, 0.4) is 0 Å². The normalized spacial score (nSPS) is 10.2. The van der Waals surface area contributed by atoms with E-state index in [0.29, 0.717) is 18.7 Å². The van der Waals surface area contributed by atoms with E-state index in [1.165, 1.54) is 23.1 Å². The molecule has 2 N–H and O–H groups in total. The summed E-state index contributed by atoms with van der Waals surface area (Å²) in [6, 6.07) is 7.50. The van der Waals surface area contributed by atoms with Gasteiger partial charge < -0.3 is 10.6 Å². The molecule has 1 heterocycles. The van der Waals surface area contributed by atoms with Crippen LogP contribution < -0.4 is 10.6 Å². The van der Waals surface area contributed by atoms with Gasteiger partial charge in [0.05, 0.1) is 0 Å². The summed E-state index contributed by atoms with van der Waals surface area (Å²) in [4.78, 5) is 11.8. The number of carbonyl (C=O) groups excluding carboxylic acids is 1. The van der Waals surface area contributed by atoms with Crippen LogP contribution in [-0.4, -0.2) is 28.4 Å². The molecule has 0 aliphatic rings. The number of hydrogen-bond acceptors (Lipinski definition) is 6. The van der Waals surface area contributed by atoms with E-state index >= 15 is 0 Å². The summed E-state index contributed by atoms with van der Waals surface area (Å²) in [5.74, 6) is 0.655. The molecule has 0 radical (unpaired) electrons. The van der Waals surface area contributed by atoms with Crippen LogP contribution in [0.2, 0.25) is 0 Å². The molecule has 0 saturated heterocycles. The highest BCUT2D eigenvalue weighted by Gasteiger charge is 2.06. The lowest BCUT2D eigenvalue weighted by molar-refractivity contribution is -0.115. The number of rotatable bonds is 8. The maximum absolute atomic E-state index is 11.8. The Morgan fingerprint density at radius 2 is 2.14 bits per heavy atom. The molecule has 1 aromatic heterocycles. The van der Waals surface area contributed by atoms with E-state index in [-0.39, 0.29) is 5.91 Å². The third-order valence-electron chi connectivity index (χ3n) is 2.49. The Labute approximate surface area is 145 Å². The molecule has 8 heteroatoms. The molecule has 0 aliphatic carbocycles. The van der Waals surface area contributed by atoms with Gasteiger partial charge >= 0.3 is 0 Å².